The Morgan fingerprint density at radius 2 is 1.64 bits per heavy atom. The number of imide groups is 1. The zero-order chi connectivity index (χ0) is 18.0. The van der Waals surface area contributed by atoms with Gasteiger partial charge in [-0.1, -0.05) is 12.1 Å². The second-order valence-electron chi connectivity index (χ2n) is 6.22. The Morgan fingerprint density at radius 1 is 1.08 bits per heavy atom. The van der Waals surface area contributed by atoms with Crippen LogP contribution in [-0.2, 0) is 14.3 Å². The fraction of sp³-hybridized carbons (Fsp3) is 0.444. The lowest BCUT2D eigenvalue weighted by atomic mass is 10.1. The van der Waals surface area contributed by atoms with E-state index >= 15 is 0 Å². The number of benzene rings is 1. The molecule has 1 aromatic rings. The lowest BCUT2D eigenvalue weighted by Gasteiger charge is -2.20. The second kappa shape index (κ2) is 7.04. The van der Waals surface area contributed by atoms with Crippen molar-refractivity contribution in [2.24, 2.45) is 0 Å². The molecule has 1 saturated heterocycles. The molecule has 0 aliphatic carbocycles. The number of ether oxygens (including phenoxy) is 1. The Labute approximate surface area is 145 Å². The highest BCUT2D eigenvalue weighted by molar-refractivity contribution is 6.21. The number of hydrogen-bond acceptors (Lipinski definition) is 5. The number of rotatable bonds is 5. The van der Waals surface area contributed by atoms with Gasteiger partial charge in [0.05, 0.1) is 17.5 Å². The van der Waals surface area contributed by atoms with Gasteiger partial charge in [0.2, 0.25) is 0 Å². The van der Waals surface area contributed by atoms with Gasteiger partial charge in [0.15, 0.2) is 6.10 Å². The van der Waals surface area contributed by atoms with E-state index < -0.39 is 23.9 Å². The summed E-state index contributed by atoms with van der Waals surface area (Å²) in [6.07, 6.45) is 0.939. The van der Waals surface area contributed by atoms with Crippen molar-refractivity contribution in [3.8, 4) is 0 Å². The first kappa shape index (κ1) is 17.1. The minimum atomic E-state index is -0.854. The molecule has 3 amide bonds. The fourth-order valence-corrected chi connectivity index (χ4v) is 3.15. The number of likely N-dealkylation sites (tertiary alicyclic amines) is 1. The van der Waals surface area contributed by atoms with E-state index in [-0.39, 0.29) is 18.9 Å². The van der Waals surface area contributed by atoms with Crippen LogP contribution in [0, 0.1) is 0 Å². The van der Waals surface area contributed by atoms with Crippen LogP contribution in [-0.4, -0.2) is 59.2 Å². The smallest absolute Gasteiger partial charge is 0.308 e. The van der Waals surface area contributed by atoms with Gasteiger partial charge >= 0.3 is 5.97 Å². The van der Waals surface area contributed by atoms with E-state index in [1.807, 2.05) is 0 Å². The molecule has 7 heteroatoms. The van der Waals surface area contributed by atoms with Crippen LogP contribution in [0.15, 0.2) is 24.3 Å². The third-order valence-corrected chi connectivity index (χ3v) is 4.49. The van der Waals surface area contributed by atoms with Crippen LogP contribution in [0.2, 0.25) is 0 Å². The van der Waals surface area contributed by atoms with Gasteiger partial charge in [-0.3, -0.25) is 24.1 Å². The van der Waals surface area contributed by atoms with Crippen LogP contribution in [0.4, 0.5) is 0 Å². The molecular weight excluding hydrogens is 324 g/mol. The van der Waals surface area contributed by atoms with Crippen molar-refractivity contribution in [1.82, 2.24) is 9.80 Å². The average Bonchev–Trinajstić information content (AvgIpc) is 3.22. The summed E-state index contributed by atoms with van der Waals surface area (Å²) in [7, 11) is 0. The van der Waals surface area contributed by atoms with Gasteiger partial charge in [0, 0.05) is 19.6 Å². The molecule has 0 bridgehead atoms. The van der Waals surface area contributed by atoms with Crippen molar-refractivity contribution in [3.05, 3.63) is 35.4 Å². The van der Waals surface area contributed by atoms with Gasteiger partial charge in [-0.15, -0.1) is 0 Å². The monoisotopic (exact) mass is 344 g/mol. The molecule has 0 spiro atoms. The Morgan fingerprint density at radius 3 is 2.20 bits per heavy atom. The number of carbonyl (C=O) groups is 4. The molecular formula is C18H20N2O5. The van der Waals surface area contributed by atoms with Crippen molar-refractivity contribution >= 4 is 23.7 Å². The minimum absolute atomic E-state index is 0.0597. The Bertz CT molecular complexity index is 689. The van der Waals surface area contributed by atoms with E-state index in [1.54, 1.807) is 36.1 Å². The molecule has 3 rings (SSSR count). The van der Waals surface area contributed by atoms with Crippen LogP contribution < -0.4 is 0 Å². The third-order valence-electron chi connectivity index (χ3n) is 4.49. The van der Waals surface area contributed by atoms with Crippen molar-refractivity contribution in [3.63, 3.8) is 0 Å². The predicted molar refractivity (Wildman–Crippen MR) is 87.8 cm³/mol. The van der Waals surface area contributed by atoms with Crippen molar-refractivity contribution in [2.45, 2.75) is 32.3 Å². The summed E-state index contributed by atoms with van der Waals surface area (Å²) in [4.78, 5) is 51.3. The molecule has 2 aliphatic heterocycles. The first-order chi connectivity index (χ1) is 12.0. The molecule has 132 valence electrons. The molecule has 25 heavy (non-hydrogen) atoms. The summed E-state index contributed by atoms with van der Waals surface area (Å²) in [6, 6.07) is 6.55. The quantitative estimate of drug-likeness (QED) is 0.592. The van der Waals surface area contributed by atoms with E-state index in [0.717, 1.165) is 17.7 Å². The molecule has 1 atom stereocenters. The number of fused-ring (bicyclic) bond motifs is 1. The number of hydrogen-bond donors (Lipinski definition) is 0. The Kier molecular flexibility index (Phi) is 4.83. The second-order valence-corrected chi connectivity index (χ2v) is 6.22. The van der Waals surface area contributed by atoms with Crippen LogP contribution in [0.5, 0.6) is 0 Å². The summed E-state index contributed by atoms with van der Waals surface area (Å²) < 4.78 is 5.15. The summed E-state index contributed by atoms with van der Waals surface area (Å²) in [5, 5.41) is 0. The molecule has 0 aromatic heterocycles. The third kappa shape index (κ3) is 3.40. The van der Waals surface area contributed by atoms with Gasteiger partial charge in [0.25, 0.3) is 17.7 Å². The van der Waals surface area contributed by atoms with Crippen molar-refractivity contribution in [2.75, 3.05) is 19.6 Å². The van der Waals surface area contributed by atoms with Crippen LogP contribution in [0.1, 0.15) is 46.9 Å². The van der Waals surface area contributed by atoms with Gasteiger partial charge in [-0.05, 0) is 31.9 Å². The highest BCUT2D eigenvalue weighted by atomic mass is 16.5. The molecule has 0 radical (unpaired) electrons. The van der Waals surface area contributed by atoms with E-state index in [4.69, 9.17) is 4.74 Å². The molecule has 1 fully saturated rings. The minimum Gasteiger partial charge on any atom is -0.452 e. The van der Waals surface area contributed by atoms with Gasteiger partial charge in [-0.2, -0.15) is 0 Å². The highest BCUT2D eigenvalue weighted by Crippen LogP contribution is 2.22. The average molecular weight is 344 g/mol. The number of amides is 3. The molecule has 0 unspecified atom stereocenters. The molecule has 7 nitrogen and oxygen atoms in total. The van der Waals surface area contributed by atoms with E-state index in [0.29, 0.717) is 24.2 Å². The zero-order valence-corrected chi connectivity index (χ0v) is 14.1. The maximum Gasteiger partial charge on any atom is 0.308 e. The largest absolute Gasteiger partial charge is 0.452 e. The van der Waals surface area contributed by atoms with Gasteiger partial charge < -0.3 is 9.64 Å². The SMILES string of the molecule is C[C@H](OC(=O)CCN1C(=O)c2ccccc2C1=O)C(=O)N1CCCC1. The van der Waals surface area contributed by atoms with E-state index in [1.165, 1.54) is 0 Å². The summed E-state index contributed by atoms with van der Waals surface area (Å²) >= 11 is 0. The Hall–Kier alpha value is -2.70. The molecule has 2 heterocycles. The van der Waals surface area contributed by atoms with Crippen molar-refractivity contribution in [1.29, 1.82) is 0 Å². The highest BCUT2D eigenvalue weighted by Gasteiger charge is 2.35. The van der Waals surface area contributed by atoms with Crippen molar-refractivity contribution < 1.29 is 23.9 Å². The lowest BCUT2D eigenvalue weighted by molar-refractivity contribution is -0.158. The number of esters is 1. The fourth-order valence-electron chi connectivity index (χ4n) is 3.15. The van der Waals surface area contributed by atoms with Crippen LogP contribution in [0.25, 0.3) is 0 Å². The number of carbonyl (C=O) groups excluding carboxylic acids is 4. The Balaban J connectivity index is 1.52. The maximum absolute atomic E-state index is 12.2. The molecule has 1 aromatic carbocycles. The molecule has 2 aliphatic rings. The molecule has 0 N–H and O–H groups in total. The van der Waals surface area contributed by atoms with Crippen LogP contribution >= 0.6 is 0 Å². The normalized spacial score (nSPS) is 17.6. The summed E-state index contributed by atoms with van der Waals surface area (Å²) in [6.45, 7) is 2.86. The lowest BCUT2D eigenvalue weighted by Crippen LogP contribution is -2.39. The summed E-state index contributed by atoms with van der Waals surface area (Å²) in [5.74, 6) is -1.62. The topological polar surface area (TPSA) is 84.0 Å². The first-order valence-corrected chi connectivity index (χ1v) is 8.42. The molecule has 0 saturated carbocycles. The standard InChI is InChI=1S/C18H20N2O5/c1-12(16(22)19-9-4-5-10-19)25-15(21)8-11-20-17(23)13-6-2-3-7-14(13)18(20)24/h2-3,6-7,12H,4-5,8-11H2,1H3/t12-/m0/s1. The van der Waals surface area contributed by atoms with Crippen LogP contribution in [0.3, 0.4) is 0 Å². The maximum atomic E-state index is 12.2. The summed E-state index contributed by atoms with van der Waals surface area (Å²) in [5.41, 5.74) is 0.692. The van der Waals surface area contributed by atoms with E-state index in [9.17, 15) is 19.2 Å². The van der Waals surface area contributed by atoms with Gasteiger partial charge in [0.1, 0.15) is 0 Å². The van der Waals surface area contributed by atoms with Gasteiger partial charge in [-0.25, -0.2) is 0 Å². The first-order valence-electron chi connectivity index (χ1n) is 8.42. The number of nitrogens with zero attached hydrogens (tertiary/aromatic N) is 2. The predicted octanol–water partition coefficient (Wildman–Crippen LogP) is 1.23. The zero-order valence-electron chi connectivity index (χ0n) is 14.1. The van der Waals surface area contributed by atoms with E-state index in [2.05, 4.69) is 0 Å².